The van der Waals surface area contributed by atoms with Gasteiger partial charge in [0.05, 0.1) is 18.2 Å². The van der Waals surface area contributed by atoms with Crippen molar-refractivity contribution >= 4 is 38.8 Å². The second kappa shape index (κ2) is 9.00. The molecule has 0 unspecified atom stereocenters. The smallest absolute Gasteiger partial charge is 0.416 e. The third-order valence-corrected chi connectivity index (χ3v) is 5.49. The van der Waals surface area contributed by atoms with E-state index < -0.39 is 11.7 Å². The minimum absolute atomic E-state index is 0.138. The highest BCUT2D eigenvalue weighted by Gasteiger charge is 2.30. The number of fused-ring (bicyclic) bond motifs is 1. The maximum absolute atomic E-state index is 12.9. The minimum atomic E-state index is -4.43. The fourth-order valence-corrected chi connectivity index (χ4v) is 3.76. The lowest BCUT2D eigenvalue weighted by Gasteiger charge is -2.07. The highest BCUT2D eigenvalue weighted by molar-refractivity contribution is 9.10. The molecule has 0 spiro atoms. The van der Waals surface area contributed by atoms with Crippen LogP contribution in [0, 0.1) is 0 Å². The second-order valence-electron chi connectivity index (χ2n) is 7.00. The summed E-state index contributed by atoms with van der Waals surface area (Å²) < 4.78 is 45.2. The lowest BCUT2D eigenvalue weighted by Crippen LogP contribution is -2.19. The summed E-state index contributed by atoms with van der Waals surface area (Å²) in [6.07, 6.45) is -3.00. The molecule has 0 saturated carbocycles. The number of halogens is 4. The summed E-state index contributed by atoms with van der Waals surface area (Å²) in [6, 6.07) is 19.5. The number of rotatable bonds is 5. The zero-order valence-electron chi connectivity index (χ0n) is 16.5. The number of hydrogen-bond acceptors (Lipinski definition) is 3. The predicted octanol–water partition coefficient (Wildman–Crippen LogP) is 6.57. The van der Waals surface area contributed by atoms with Crippen molar-refractivity contribution in [3.8, 4) is 11.3 Å². The first-order chi connectivity index (χ1) is 15.3. The first-order valence-electron chi connectivity index (χ1n) is 9.57. The molecule has 1 aromatic heterocycles. The number of furan rings is 1. The SMILES string of the molecule is O=C(Cc1ccc(Br)c2ccccc12)NN=Cc1ccc(-c2cccc(C(F)(F)F)c2)o1. The number of hydrazone groups is 1. The van der Waals surface area contributed by atoms with Crippen LogP contribution in [0.15, 0.2) is 86.8 Å². The maximum atomic E-state index is 12.9. The first-order valence-corrected chi connectivity index (χ1v) is 10.4. The topological polar surface area (TPSA) is 54.6 Å². The molecule has 0 aliphatic carbocycles. The molecule has 8 heteroatoms. The van der Waals surface area contributed by atoms with Gasteiger partial charge >= 0.3 is 6.18 Å². The van der Waals surface area contributed by atoms with E-state index in [2.05, 4.69) is 26.5 Å². The van der Waals surface area contributed by atoms with E-state index in [1.54, 1.807) is 12.1 Å². The van der Waals surface area contributed by atoms with Crippen LogP contribution < -0.4 is 5.43 Å². The highest BCUT2D eigenvalue weighted by Crippen LogP contribution is 2.32. The van der Waals surface area contributed by atoms with E-state index >= 15 is 0 Å². The lowest BCUT2D eigenvalue weighted by molar-refractivity contribution is -0.137. The Morgan fingerprint density at radius 1 is 1.00 bits per heavy atom. The minimum Gasteiger partial charge on any atom is -0.455 e. The van der Waals surface area contributed by atoms with Crippen molar-refractivity contribution in [3.05, 3.63) is 94.2 Å². The van der Waals surface area contributed by atoms with E-state index in [9.17, 15) is 18.0 Å². The molecular formula is C24H16BrF3N2O2. The van der Waals surface area contributed by atoms with Crippen molar-refractivity contribution in [1.82, 2.24) is 5.43 Å². The van der Waals surface area contributed by atoms with Crippen LogP contribution in [0.2, 0.25) is 0 Å². The van der Waals surface area contributed by atoms with Gasteiger partial charge in [-0.1, -0.05) is 58.4 Å². The van der Waals surface area contributed by atoms with E-state index in [1.807, 2.05) is 36.4 Å². The summed E-state index contributed by atoms with van der Waals surface area (Å²) >= 11 is 3.51. The van der Waals surface area contributed by atoms with Gasteiger partial charge in [0.1, 0.15) is 11.5 Å². The van der Waals surface area contributed by atoms with E-state index in [-0.39, 0.29) is 18.1 Å². The zero-order valence-corrected chi connectivity index (χ0v) is 18.1. The fraction of sp³-hybridized carbons (Fsp3) is 0.0833. The average molecular weight is 501 g/mol. The second-order valence-corrected chi connectivity index (χ2v) is 7.86. The molecule has 4 rings (SSSR count). The van der Waals surface area contributed by atoms with Gasteiger partial charge in [-0.3, -0.25) is 4.79 Å². The molecule has 0 radical (unpaired) electrons. The number of benzene rings is 3. The molecule has 0 fully saturated rings. The number of alkyl halides is 3. The van der Waals surface area contributed by atoms with Gasteiger partial charge in [0, 0.05) is 10.0 Å². The molecule has 4 nitrogen and oxygen atoms in total. The van der Waals surface area contributed by atoms with E-state index in [4.69, 9.17) is 4.42 Å². The Morgan fingerprint density at radius 2 is 1.78 bits per heavy atom. The van der Waals surface area contributed by atoms with Crippen molar-refractivity contribution < 1.29 is 22.4 Å². The summed E-state index contributed by atoms with van der Waals surface area (Å²) in [5, 5.41) is 5.87. The summed E-state index contributed by atoms with van der Waals surface area (Å²) in [5.41, 5.74) is 2.85. The third kappa shape index (κ3) is 4.91. The molecule has 0 bridgehead atoms. The lowest BCUT2D eigenvalue weighted by atomic mass is 10.0. The van der Waals surface area contributed by atoms with Gasteiger partial charge in [-0.05, 0) is 46.7 Å². The van der Waals surface area contributed by atoms with Crippen molar-refractivity contribution in [2.24, 2.45) is 5.10 Å². The Balaban J connectivity index is 1.42. The van der Waals surface area contributed by atoms with Crippen molar-refractivity contribution in [1.29, 1.82) is 0 Å². The molecule has 32 heavy (non-hydrogen) atoms. The average Bonchev–Trinajstić information content (AvgIpc) is 3.24. The van der Waals surface area contributed by atoms with Gasteiger partial charge < -0.3 is 4.42 Å². The number of amides is 1. The Bertz CT molecular complexity index is 1310. The zero-order chi connectivity index (χ0) is 22.7. The van der Waals surface area contributed by atoms with Gasteiger partial charge in [-0.25, -0.2) is 5.43 Å². The molecule has 0 aliphatic rings. The molecule has 0 atom stereocenters. The summed E-state index contributed by atoms with van der Waals surface area (Å²) in [4.78, 5) is 12.3. The number of carbonyl (C=O) groups is 1. The Kier molecular flexibility index (Phi) is 6.14. The van der Waals surface area contributed by atoms with E-state index in [1.165, 1.54) is 18.3 Å². The van der Waals surface area contributed by atoms with E-state index in [0.717, 1.165) is 32.9 Å². The van der Waals surface area contributed by atoms with Gasteiger partial charge in [0.2, 0.25) is 5.91 Å². The quantitative estimate of drug-likeness (QED) is 0.248. The van der Waals surface area contributed by atoms with Gasteiger partial charge in [-0.2, -0.15) is 18.3 Å². The van der Waals surface area contributed by atoms with Gasteiger partial charge in [0.15, 0.2) is 0 Å². The van der Waals surface area contributed by atoms with Crippen molar-refractivity contribution in [3.63, 3.8) is 0 Å². The molecule has 0 aliphatic heterocycles. The van der Waals surface area contributed by atoms with Crippen LogP contribution in [0.3, 0.4) is 0 Å². The van der Waals surface area contributed by atoms with Gasteiger partial charge in [0.25, 0.3) is 0 Å². The van der Waals surface area contributed by atoms with Crippen LogP contribution in [-0.4, -0.2) is 12.1 Å². The van der Waals surface area contributed by atoms with Crippen LogP contribution in [0.4, 0.5) is 13.2 Å². The summed E-state index contributed by atoms with van der Waals surface area (Å²) in [7, 11) is 0. The molecule has 1 N–H and O–H groups in total. The van der Waals surface area contributed by atoms with Crippen LogP contribution in [-0.2, 0) is 17.4 Å². The van der Waals surface area contributed by atoms with Gasteiger partial charge in [-0.15, -0.1) is 0 Å². The molecular weight excluding hydrogens is 485 g/mol. The largest absolute Gasteiger partial charge is 0.455 e. The third-order valence-electron chi connectivity index (χ3n) is 4.79. The number of hydrogen-bond donors (Lipinski definition) is 1. The molecule has 0 saturated heterocycles. The normalized spacial score (nSPS) is 11.9. The predicted molar refractivity (Wildman–Crippen MR) is 120 cm³/mol. The van der Waals surface area contributed by atoms with Crippen LogP contribution in [0.5, 0.6) is 0 Å². The number of nitrogens with zero attached hydrogens (tertiary/aromatic N) is 1. The molecule has 1 amide bonds. The maximum Gasteiger partial charge on any atom is 0.416 e. The fourth-order valence-electron chi connectivity index (χ4n) is 3.29. The Hall–Kier alpha value is -3.39. The molecule has 3 aromatic carbocycles. The van der Waals surface area contributed by atoms with Crippen LogP contribution in [0.1, 0.15) is 16.9 Å². The monoisotopic (exact) mass is 500 g/mol. The summed E-state index contributed by atoms with van der Waals surface area (Å²) in [5.74, 6) is 0.260. The highest BCUT2D eigenvalue weighted by atomic mass is 79.9. The molecule has 4 aromatic rings. The van der Waals surface area contributed by atoms with E-state index in [0.29, 0.717) is 11.3 Å². The Morgan fingerprint density at radius 3 is 2.56 bits per heavy atom. The Labute approximate surface area is 189 Å². The van der Waals surface area contributed by atoms with Crippen LogP contribution >= 0.6 is 15.9 Å². The standard InChI is InChI=1S/C24H16BrF3N2O2/c25-21-10-8-15(19-6-1-2-7-20(19)21)13-23(31)30-29-14-18-9-11-22(32-18)16-4-3-5-17(12-16)24(26,27)28/h1-12,14H,13H2,(H,30,31). The molecule has 1 heterocycles. The summed E-state index contributed by atoms with van der Waals surface area (Å²) in [6.45, 7) is 0. The number of carbonyl (C=O) groups excluding carboxylic acids is 1. The molecule has 162 valence electrons. The van der Waals surface area contributed by atoms with Crippen LogP contribution in [0.25, 0.3) is 22.1 Å². The van der Waals surface area contributed by atoms with Crippen molar-refractivity contribution in [2.45, 2.75) is 12.6 Å². The number of nitrogens with one attached hydrogen (secondary N) is 1. The first kappa shape index (κ1) is 21.8. The van der Waals surface area contributed by atoms with Crippen molar-refractivity contribution in [2.75, 3.05) is 0 Å².